The van der Waals surface area contributed by atoms with E-state index in [0.717, 1.165) is 12.2 Å². The molecule has 1 fully saturated rings. The number of methoxy groups -OCH3 is 1. The Morgan fingerprint density at radius 1 is 1.65 bits per heavy atom. The number of carboxylic acid groups (broad SMARTS) is 1. The molecule has 0 aromatic carbocycles. The first-order valence-corrected chi connectivity index (χ1v) is 6.87. The highest BCUT2D eigenvalue weighted by atomic mass is 16.5. The third-order valence-electron chi connectivity index (χ3n) is 4.19. The van der Waals surface area contributed by atoms with Gasteiger partial charge in [-0.2, -0.15) is 0 Å². The molecule has 2 heterocycles. The highest BCUT2D eigenvalue weighted by molar-refractivity contribution is 5.75. The summed E-state index contributed by atoms with van der Waals surface area (Å²) in [6, 6.07) is 1.86. The lowest BCUT2D eigenvalue weighted by Crippen LogP contribution is -2.39. The predicted octanol–water partition coefficient (Wildman–Crippen LogP) is 1.75. The summed E-state index contributed by atoms with van der Waals surface area (Å²) in [5.74, 6) is 0.108. The Morgan fingerprint density at radius 3 is 2.95 bits per heavy atom. The van der Waals surface area contributed by atoms with E-state index in [1.165, 1.54) is 0 Å². The van der Waals surface area contributed by atoms with Gasteiger partial charge in [-0.15, -0.1) is 0 Å². The smallest absolute Gasteiger partial charge is 0.311 e. The molecule has 0 saturated carbocycles. The van der Waals surface area contributed by atoms with Gasteiger partial charge in [0.05, 0.1) is 11.1 Å². The van der Waals surface area contributed by atoms with E-state index < -0.39 is 11.4 Å². The first-order valence-electron chi connectivity index (χ1n) is 6.87. The van der Waals surface area contributed by atoms with E-state index in [2.05, 4.69) is 10.1 Å². The van der Waals surface area contributed by atoms with E-state index in [0.29, 0.717) is 31.9 Å². The minimum absolute atomic E-state index is 0.117. The maximum atomic E-state index is 11.6. The number of hydrogen-bond acceptors (Lipinski definition) is 5. The number of hydrogen-bond donors (Lipinski definition) is 1. The molecule has 0 amide bonds. The van der Waals surface area contributed by atoms with Crippen LogP contribution in [0.1, 0.15) is 31.7 Å². The highest BCUT2D eigenvalue weighted by Crippen LogP contribution is 2.38. The van der Waals surface area contributed by atoms with Gasteiger partial charge in [-0.1, -0.05) is 19.0 Å². The van der Waals surface area contributed by atoms with Gasteiger partial charge in [0.15, 0.2) is 5.76 Å². The summed E-state index contributed by atoms with van der Waals surface area (Å²) in [6.45, 7) is 6.31. The molecule has 1 saturated heterocycles. The van der Waals surface area contributed by atoms with E-state index in [-0.39, 0.29) is 5.92 Å². The Balaban J connectivity index is 2.00. The van der Waals surface area contributed by atoms with Crippen molar-refractivity contribution in [1.29, 1.82) is 0 Å². The fraction of sp³-hybridized carbons (Fsp3) is 0.714. The molecule has 1 aliphatic heterocycles. The van der Waals surface area contributed by atoms with Gasteiger partial charge in [-0.25, -0.2) is 0 Å². The number of likely N-dealkylation sites (tertiary alicyclic amines) is 1. The molecule has 2 rings (SSSR count). The largest absolute Gasteiger partial charge is 0.481 e. The zero-order valence-corrected chi connectivity index (χ0v) is 12.3. The Morgan fingerprint density at radius 2 is 2.40 bits per heavy atom. The number of nitrogens with zero attached hydrogens (tertiary/aromatic N) is 2. The molecule has 6 nitrogen and oxygen atoms in total. The van der Waals surface area contributed by atoms with Gasteiger partial charge in [0.25, 0.3) is 0 Å². The van der Waals surface area contributed by atoms with Crippen molar-refractivity contribution in [1.82, 2.24) is 10.1 Å². The number of ether oxygens (including phenoxy) is 1. The molecule has 1 unspecified atom stereocenters. The van der Waals surface area contributed by atoms with Crippen molar-refractivity contribution in [3.63, 3.8) is 0 Å². The topological polar surface area (TPSA) is 75.8 Å². The molecule has 1 atom stereocenters. The quantitative estimate of drug-likeness (QED) is 0.856. The second-order valence-electron chi connectivity index (χ2n) is 5.79. The normalized spacial score (nSPS) is 23.6. The standard InChI is InChI=1S/C14H22N2O4/c1-10(2)14(13(17)18)4-5-16(9-14)7-11-6-12(8-19-3)20-15-11/h6,10H,4-5,7-9H2,1-3H3,(H,17,18). The molecule has 1 aliphatic rings. The summed E-state index contributed by atoms with van der Waals surface area (Å²) in [6.07, 6.45) is 0.683. The van der Waals surface area contributed by atoms with Crippen LogP contribution in [0.5, 0.6) is 0 Å². The molecule has 0 bridgehead atoms. The average Bonchev–Trinajstić information content (AvgIpc) is 2.98. The number of aromatic nitrogens is 1. The van der Waals surface area contributed by atoms with Crippen LogP contribution in [0.4, 0.5) is 0 Å². The second kappa shape index (κ2) is 5.93. The lowest BCUT2D eigenvalue weighted by molar-refractivity contribution is -0.151. The van der Waals surface area contributed by atoms with Crippen molar-refractivity contribution in [3.05, 3.63) is 17.5 Å². The van der Waals surface area contributed by atoms with Crippen LogP contribution in [0.2, 0.25) is 0 Å². The second-order valence-corrected chi connectivity index (χ2v) is 5.79. The van der Waals surface area contributed by atoms with Gasteiger partial charge >= 0.3 is 5.97 Å². The SMILES string of the molecule is COCc1cc(CN2CCC(C(=O)O)(C(C)C)C2)no1. The molecule has 6 heteroatoms. The predicted molar refractivity (Wildman–Crippen MR) is 72.0 cm³/mol. The average molecular weight is 282 g/mol. The van der Waals surface area contributed by atoms with Crippen LogP contribution in [-0.2, 0) is 22.7 Å². The van der Waals surface area contributed by atoms with Crippen molar-refractivity contribution in [3.8, 4) is 0 Å². The van der Waals surface area contributed by atoms with Crippen molar-refractivity contribution >= 4 is 5.97 Å². The monoisotopic (exact) mass is 282 g/mol. The van der Waals surface area contributed by atoms with Crippen molar-refractivity contribution < 1.29 is 19.2 Å². The molecule has 20 heavy (non-hydrogen) atoms. The molecule has 112 valence electrons. The van der Waals surface area contributed by atoms with E-state index in [1.807, 2.05) is 19.9 Å². The summed E-state index contributed by atoms with van der Waals surface area (Å²) in [4.78, 5) is 13.7. The summed E-state index contributed by atoms with van der Waals surface area (Å²) in [5.41, 5.74) is 0.182. The van der Waals surface area contributed by atoms with E-state index >= 15 is 0 Å². The number of aliphatic carboxylic acids is 1. The maximum absolute atomic E-state index is 11.6. The first-order chi connectivity index (χ1) is 9.48. The molecule has 0 radical (unpaired) electrons. The van der Waals surface area contributed by atoms with Crippen molar-refractivity contribution in [2.24, 2.45) is 11.3 Å². The van der Waals surface area contributed by atoms with Gasteiger partial charge in [0.1, 0.15) is 6.61 Å². The first kappa shape index (κ1) is 15.0. The summed E-state index contributed by atoms with van der Waals surface area (Å²) < 4.78 is 10.1. The zero-order valence-electron chi connectivity index (χ0n) is 12.3. The zero-order chi connectivity index (χ0) is 14.8. The van der Waals surface area contributed by atoms with Crippen LogP contribution in [0.25, 0.3) is 0 Å². The van der Waals surface area contributed by atoms with Crippen LogP contribution < -0.4 is 0 Å². The molecule has 1 aromatic rings. The molecule has 1 N–H and O–H groups in total. The number of carboxylic acids is 1. The van der Waals surface area contributed by atoms with Gasteiger partial charge < -0.3 is 14.4 Å². The maximum Gasteiger partial charge on any atom is 0.311 e. The van der Waals surface area contributed by atoms with E-state index in [1.54, 1.807) is 7.11 Å². The van der Waals surface area contributed by atoms with Crippen LogP contribution in [0.3, 0.4) is 0 Å². The van der Waals surface area contributed by atoms with Crippen LogP contribution in [0.15, 0.2) is 10.6 Å². The van der Waals surface area contributed by atoms with Crippen molar-refractivity contribution in [2.75, 3.05) is 20.2 Å². The van der Waals surface area contributed by atoms with Gasteiger partial charge in [0, 0.05) is 26.3 Å². The highest BCUT2D eigenvalue weighted by Gasteiger charge is 2.47. The minimum atomic E-state index is -0.699. The summed E-state index contributed by atoms with van der Waals surface area (Å²) >= 11 is 0. The van der Waals surface area contributed by atoms with Crippen LogP contribution >= 0.6 is 0 Å². The Kier molecular flexibility index (Phi) is 4.45. The fourth-order valence-corrected chi connectivity index (χ4v) is 2.81. The Hall–Kier alpha value is -1.40. The summed E-state index contributed by atoms with van der Waals surface area (Å²) in [7, 11) is 1.60. The lowest BCUT2D eigenvalue weighted by Gasteiger charge is -2.28. The van der Waals surface area contributed by atoms with Gasteiger partial charge in [-0.3, -0.25) is 9.69 Å². The Bertz CT molecular complexity index is 471. The molecular formula is C14H22N2O4. The van der Waals surface area contributed by atoms with E-state index in [9.17, 15) is 9.90 Å². The Labute approximate surface area is 118 Å². The van der Waals surface area contributed by atoms with Crippen molar-refractivity contribution in [2.45, 2.75) is 33.4 Å². The van der Waals surface area contributed by atoms with Crippen LogP contribution in [-0.4, -0.2) is 41.3 Å². The molecular weight excluding hydrogens is 260 g/mol. The number of rotatable bonds is 6. The minimum Gasteiger partial charge on any atom is -0.481 e. The summed E-state index contributed by atoms with van der Waals surface area (Å²) in [5, 5.41) is 13.5. The van der Waals surface area contributed by atoms with E-state index in [4.69, 9.17) is 9.26 Å². The number of carbonyl (C=O) groups is 1. The third kappa shape index (κ3) is 2.86. The van der Waals surface area contributed by atoms with Gasteiger partial charge in [-0.05, 0) is 18.9 Å². The molecule has 0 spiro atoms. The lowest BCUT2D eigenvalue weighted by atomic mass is 9.76. The molecule has 1 aromatic heterocycles. The van der Waals surface area contributed by atoms with Crippen LogP contribution in [0, 0.1) is 11.3 Å². The fourth-order valence-electron chi connectivity index (χ4n) is 2.81. The third-order valence-corrected chi connectivity index (χ3v) is 4.19. The van der Waals surface area contributed by atoms with Gasteiger partial charge in [0.2, 0.25) is 0 Å². The molecule has 0 aliphatic carbocycles.